The molecule has 0 radical (unpaired) electrons. The molecule has 108 valence electrons. The van der Waals surface area contributed by atoms with Crippen LogP contribution in [0.15, 0.2) is 28.7 Å². The van der Waals surface area contributed by atoms with Gasteiger partial charge in [-0.05, 0) is 37.1 Å². The molecule has 5 nitrogen and oxygen atoms in total. The first kappa shape index (κ1) is 14.8. The standard InChI is InChI=1S/C14H16BrNO4/c15-9-4-6-10(7-5-9)20-8-13(17)16-12-3-1-2-11(12)14(18)19/h4-7,11-12H,1-3,8H2,(H,16,17)(H,18,19). The van der Waals surface area contributed by atoms with Crippen LogP contribution in [0.5, 0.6) is 5.75 Å². The van der Waals surface area contributed by atoms with Crippen molar-refractivity contribution in [3.8, 4) is 5.75 Å². The third-order valence-electron chi connectivity index (χ3n) is 3.36. The molecule has 0 bridgehead atoms. The molecule has 1 aliphatic carbocycles. The summed E-state index contributed by atoms with van der Waals surface area (Å²) in [4.78, 5) is 22.8. The lowest BCUT2D eigenvalue weighted by molar-refractivity contribution is -0.142. The van der Waals surface area contributed by atoms with Gasteiger partial charge < -0.3 is 15.2 Å². The maximum Gasteiger partial charge on any atom is 0.308 e. The fourth-order valence-corrected chi connectivity index (χ4v) is 2.62. The van der Waals surface area contributed by atoms with E-state index < -0.39 is 11.9 Å². The maximum absolute atomic E-state index is 11.8. The summed E-state index contributed by atoms with van der Waals surface area (Å²) in [7, 11) is 0. The van der Waals surface area contributed by atoms with Gasteiger partial charge in [0.1, 0.15) is 5.75 Å². The first-order valence-corrected chi connectivity index (χ1v) is 7.26. The highest BCUT2D eigenvalue weighted by atomic mass is 79.9. The molecule has 2 unspecified atom stereocenters. The van der Waals surface area contributed by atoms with Crippen molar-refractivity contribution in [2.75, 3.05) is 6.61 Å². The Labute approximate surface area is 125 Å². The predicted octanol–water partition coefficient (Wildman–Crippen LogP) is 2.20. The van der Waals surface area contributed by atoms with Gasteiger partial charge in [-0.3, -0.25) is 9.59 Å². The number of amides is 1. The van der Waals surface area contributed by atoms with Crippen LogP contribution >= 0.6 is 15.9 Å². The molecular weight excluding hydrogens is 326 g/mol. The summed E-state index contributed by atoms with van der Waals surface area (Å²) in [6.07, 6.45) is 2.16. The Balaban J connectivity index is 1.80. The molecule has 2 rings (SSSR count). The number of carboxylic acids is 1. The van der Waals surface area contributed by atoms with Gasteiger partial charge in [-0.15, -0.1) is 0 Å². The van der Waals surface area contributed by atoms with Crippen LogP contribution in [0.3, 0.4) is 0 Å². The number of benzene rings is 1. The van der Waals surface area contributed by atoms with E-state index in [1.54, 1.807) is 12.1 Å². The second kappa shape index (κ2) is 6.74. The van der Waals surface area contributed by atoms with Crippen molar-refractivity contribution in [3.63, 3.8) is 0 Å². The van der Waals surface area contributed by atoms with E-state index in [1.807, 2.05) is 12.1 Å². The number of nitrogens with one attached hydrogen (secondary N) is 1. The number of carboxylic acid groups (broad SMARTS) is 1. The van der Waals surface area contributed by atoms with E-state index in [0.29, 0.717) is 18.6 Å². The Bertz CT molecular complexity index is 488. The molecule has 0 spiro atoms. The number of hydrogen-bond donors (Lipinski definition) is 2. The normalized spacial score (nSPS) is 21.4. The van der Waals surface area contributed by atoms with Crippen molar-refractivity contribution in [2.45, 2.75) is 25.3 Å². The first-order valence-electron chi connectivity index (χ1n) is 6.47. The average Bonchev–Trinajstić information content (AvgIpc) is 2.86. The quantitative estimate of drug-likeness (QED) is 0.860. The fourth-order valence-electron chi connectivity index (χ4n) is 2.36. The molecule has 0 saturated heterocycles. The summed E-state index contributed by atoms with van der Waals surface area (Å²) >= 11 is 3.31. The van der Waals surface area contributed by atoms with Gasteiger partial charge in [-0.25, -0.2) is 0 Å². The highest BCUT2D eigenvalue weighted by Crippen LogP contribution is 2.25. The second-order valence-electron chi connectivity index (χ2n) is 4.79. The van der Waals surface area contributed by atoms with Crippen molar-refractivity contribution >= 4 is 27.8 Å². The minimum atomic E-state index is -0.846. The third kappa shape index (κ3) is 3.96. The van der Waals surface area contributed by atoms with E-state index in [-0.39, 0.29) is 18.6 Å². The molecule has 0 aliphatic heterocycles. The van der Waals surface area contributed by atoms with Crippen LogP contribution in [-0.4, -0.2) is 29.6 Å². The number of halogens is 1. The molecule has 2 N–H and O–H groups in total. The van der Waals surface area contributed by atoms with Gasteiger partial charge in [0.05, 0.1) is 5.92 Å². The third-order valence-corrected chi connectivity index (χ3v) is 3.89. The monoisotopic (exact) mass is 341 g/mol. The zero-order chi connectivity index (χ0) is 14.5. The molecule has 0 heterocycles. The molecule has 6 heteroatoms. The number of rotatable bonds is 5. The number of carbonyl (C=O) groups excluding carboxylic acids is 1. The van der Waals surface area contributed by atoms with Crippen LogP contribution in [-0.2, 0) is 9.59 Å². The van der Waals surface area contributed by atoms with Crippen LogP contribution in [0.2, 0.25) is 0 Å². The topological polar surface area (TPSA) is 75.6 Å². The van der Waals surface area contributed by atoms with Crippen molar-refractivity contribution in [3.05, 3.63) is 28.7 Å². The van der Waals surface area contributed by atoms with E-state index in [0.717, 1.165) is 10.9 Å². The number of ether oxygens (including phenoxy) is 1. The molecule has 1 aromatic rings. The molecule has 1 saturated carbocycles. The smallest absolute Gasteiger partial charge is 0.308 e. The summed E-state index contributed by atoms with van der Waals surface area (Å²) in [5, 5.41) is 11.8. The highest BCUT2D eigenvalue weighted by molar-refractivity contribution is 9.10. The highest BCUT2D eigenvalue weighted by Gasteiger charge is 2.33. The largest absolute Gasteiger partial charge is 0.484 e. The molecule has 1 aliphatic rings. The Morgan fingerprint density at radius 3 is 2.65 bits per heavy atom. The van der Waals surface area contributed by atoms with Crippen molar-refractivity contribution in [1.29, 1.82) is 0 Å². The molecule has 2 atom stereocenters. The summed E-state index contributed by atoms with van der Waals surface area (Å²) in [5.74, 6) is -1.01. The van der Waals surface area contributed by atoms with Gasteiger partial charge in [0.2, 0.25) is 0 Å². The Morgan fingerprint density at radius 2 is 2.00 bits per heavy atom. The zero-order valence-corrected chi connectivity index (χ0v) is 12.4. The molecular formula is C14H16BrNO4. The average molecular weight is 342 g/mol. The number of carbonyl (C=O) groups is 2. The van der Waals surface area contributed by atoms with Gasteiger partial charge in [0, 0.05) is 10.5 Å². The Morgan fingerprint density at radius 1 is 1.30 bits per heavy atom. The zero-order valence-electron chi connectivity index (χ0n) is 10.8. The molecule has 0 aromatic heterocycles. The lowest BCUT2D eigenvalue weighted by atomic mass is 10.0. The maximum atomic E-state index is 11.8. The van der Waals surface area contributed by atoms with Crippen molar-refractivity contribution in [1.82, 2.24) is 5.32 Å². The minimum absolute atomic E-state index is 0.107. The van der Waals surface area contributed by atoms with E-state index in [9.17, 15) is 9.59 Å². The van der Waals surface area contributed by atoms with Crippen LogP contribution in [0, 0.1) is 5.92 Å². The van der Waals surface area contributed by atoms with Gasteiger partial charge in [-0.1, -0.05) is 22.4 Å². The Kier molecular flexibility index (Phi) is 5.00. The Hall–Kier alpha value is -1.56. The van der Waals surface area contributed by atoms with Gasteiger partial charge in [0.25, 0.3) is 5.91 Å². The fraction of sp³-hybridized carbons (Fsp3) is 0.429. The molecule has 20 heavy (non-hydrogen) atoms. The van der Waals surface area contributed by atoms with Crippen LogP contribution in [0.4, 0.5) is 0 Å². The number of hydrogen-bond acceptors (Lipinski definition) is 3. The summed E-state index contributed by atoms with van der Waals surface area (Å²) in [5.41, 5.74) is 0. The summed E-state index contributed by atoms with van der Waals surface area (Å²) in [6, 6.07) is 6.88. The van der Waals surface area contributed by atoms with Gasteiger partial charge in [-0.2, -0.15) is 0 Å². The first-order chi connectivity index (χ1) is 9.56. The van der Waals surface area contributed by atoms with Crippen LogP contribution in [0.25, 0.3) is 0 Å². The van der Waals surface area contributed by atoms with E-state index in [2.05, 4.69) is 21.2 Å². The van der Waals surface area contributed by atoms with Crippen LogP contribution in [0.1, 0.15) is 19.3 Å². The SMILES string of the molecule is O=C(COc1ccc(Br)cc1)NC1CCCC1C(=O)O. The van der Waals surface area contributed by atoms with Crippen LogP contribution < -0.4 is 10.1 Å². The molecule has 1 aromatic carbocycles. The lowest BCUT2D eigenvalue weighted by Crippen LogP contribution is -2.42. The van der Waals surface area contributed by atoms with Gasteiger partial charge in [0.15, 0.2) is 6.61 Å². The van der Waals surface area contributed by atoms with E-state index in [1.165, 1.54) is 0 Å². The lowest BCUT2D eigenvalue weighted by Gasteiger charge is -2.17. The van der Waals surface area contributed by atoms with E-state index in [4.69, 9.17) is 9.84 Å². The molecule has 1 fully saturated rings. The predicted molar refractivity (Wildman–Crippen MR) is 76.5 cm³/mol. The molecule has 1 amide bonds. The number of aliphatic carboxylic acids is 1. The summed E-state index contributed by atoms with van der Waals surface area (Å²) < 4.78 is 6.28. The van der Waals surface area contributed by atoms with E-state index >= 15 is 0 Å². The summed E-state index contributed by atoms with van der Waals surface area (Å²) in [6.45, 7) is -0.107. The minimum Gasteiger partial charge on any atom is -0.484 e. The van der Waals surface area contributed by atoms with Crippen molar-refractivity contribution < 1.29 is 19.4 Å². The van der Waals surface area contributed by atoms with Gasteiger partial charge >= 0.3 is 5.97 Å². The van der Waals surface area contributed by atoms with Crippen molar-refractivity contribution in [2.24, 2.45) is 5.92 Å². The second-order valence-corrected chi connectivity index (χ2v) is 5.71.